The van der Waals surface area contributed by atoms with Crippen molar-refractivity contribution in [3.63, 3.8) is 0 Å². The fourth-order valence-electron chi connectivity index (χ4n) is 3.29. The summed E-state index contributed by atoms with van der Waals surface area (Å²) in [6, 6.07) is 13.3. The molecule has 1 amide bonds. The lowest BCUT2D eigenvalue weighted by Crippen LogP contribution is -2.33. The minimum atomic E-state index is -0.183. The molecule has 0 bridgehead atoms. The van der Waals surface area contributed by atoms with Crippen LogP contribution in [0, 0.1) is 0 Å². The minimum absolute atomic E-state index is 0.183. The average molecular weight is 376 g/mol. The summed E-state index contributed by atoms with van der Waals surface area (Å²) in [5, 5.41) is 7.37. The molecule has 1 N–H and O–H groups in total. The summed E-state index contributed by atoms with van der Waals surface area (Å²) in [7, 11) is 0. The number of carbonyl (C=O) groups is 1. The molecule has 0 atom stereocenters. The number of benzene rings is 1. The Morgan fingerprint density at radius 3 is 2.79 bits per heavy atom. The van der Waals surface area contributed by atoms with E-state index in [0.717, 1.165) is 49.1 Å². The third-order valence-corrected chi connectivity index (χ3v) is 4.78. The summed E-state index contributed by atoms with van der Waals surface area (Å²) >= 11 is 0. The van der Waals surface area contributed by atoms with Crippen LogP contribution in [-0.2, 0) is 19.6 Å². The molecule has 0 saturated heterocycles. The van der Waals surface area contributed by atoms with Gasteiger partial charge in [0.05, 0.1) is 17.9 Å². The molecule has 28 heavy (non-hydrogen) atoms. The van der Waals surface area contributed by atoms with Gasteiger partial charge in [-0.3, -0.25) is 14.4 Å². The van der Waals surface area contributed by atoms with Crippen LogP contribution in [0.5, 0.6) is 0 Å². The van der Waals surface area contributed by atoms with Crippen molar-refractivity contribution >= 4 is 11.6 Å². The first-order valence-corrected chi connectivity index (χ1v) is 9.56. The molecular weight excluding hydrogens is 352 g/mol. The average Bonchev–Trinajstić information content (AvgIpc) is 3.12. The second-order valence-corrected chi connectivity index (χ2v) is 7.34. The fraction of sp³-hybridized carbons (Fsp3) is 0.333. The van der Waals surface area contributed by atoms with Gasteiger partial charge in [0.1, 0.15) is 5.82 Å². The van der Waals surface area contributed by atoms with Crippen LogP contribution in [0.2, 0.25) is 0 Å². The van der Waals surface area contributed by atoms with Gasteiger partial charge < -0.3 is 5.32 Å². The first-order valence-electron chi connectivity index (χ1n) is 9.56. The molecule has 0 fully saturated rings. The smallest absolute Gasteiger partial charge is 0.276 e. The highest BCUT2D eigenvalue weighted by Gasteiger charge is 2.21. The van der Waals surface area contributed by atoms with E-state index >= 15 is 0 Å². The third-order valence-electron chi connectivity index (χ3n) is 4.78. The van der Waals surface area contributed by atoms with Crippen molar-refractivity contribution in [1.82, 2.24) is 24.6 Å². The third kappa shape index (κ3) is 4.09. The number of anilines is 1. The Morgan fingerprint density at radius 2 is 2.00 bits per heavy atom. The SMILES string of the molecule is CC(C)c1nccc(CN2CCn3nc(C(=O)Nc4ccccc4)cc3C2)n1. The van der Waals surface area contributed by atoms with E-state index in [1.165, 1.54) is 0 Å². The van der Waals surface area contributed by atoms with E-state index < -0.39 is 0 Å². The molecule has 3 heterocycles. The number of nitrogens with one attached hydrogen (secondary N) is 1. The molecule has 7 heteroatoms. The Morgan fingerprint density at radius 1 is 1.18 bits per heavy atom. The van der Waals surface area contributed by atoms with Gasteiger partial charge in [0.25, 0.3) is 5.91 Å². The van der Waals surface area contributed by atoms with Crippen molar-refractivity contribution < 1.29 is 4.79 Å². The first kappa shape index (κ1) is 18.3. The van der Waals surface area contributed by atoms with E-state index in [4.69, 9.17) is 0 Å². The van der Waals surface area contributed by atoms with Gasteiger partial charge in [-0.1, -0.05) is 32.0 Å². The predicted molar refractivity (Wildman–Crippen MR) is 107 cm³/mol. The molecule has 144 valence electrons. The molecule has 0 unspecified atom stereocenters. The molecule has 1 aromatic carbocycles. The summed E-state index contributed by atoms with van der Waals surface area (Å²) in [6.07, 6.45) is 1.83. The highest BCUT2D eigenvalue weighted by Crippen LogP contribution is 2.17. The second kappa shape index (κ2) is 7.90. The standard InChI is InChI=1S/C21H24N6O/c1-15(2)20-22-9-8-17(23-20)13-26-10-11-27-18(14-26)12-19(25-27)21(28)24-16-6-4-3-5-7-16/h3-9,12,15H,10-11,13-14H2,1-2H3,(H,24,28). The number of hydrogen-bond acceptors (Lipinski definition) is 5. The molecule has 4 rings (SSSR count). The molecule has 0 spiro atoms. The molecule has 3 aromatic rings. The number of amides is 1. The van der Waals surface area contributed by atoms with Crippen LogP contribution in [0.3, 0.4) is 0 Å². The van der Waals surface area contributed by atoms with Crippen molar-refractivity contribution in [3.05, 3.63) is 71.6 Å². The largest absolute Gasteiger partial charge is 0.321 e. The van der Waals surface area contributed by atoms with E-state index in [-0.39, 0.29) is 5.91 Å². The lowest BCUT2D eigenvalue weighted by Gasteiger charge is -2.27. The van der Waals surface area contributed by atoms with Gasteiger partial charge in [-0.2, -0.15) is 5.10 Å². The maximum atomic E-state index is 12.5. The lowest BCUT2D eigenvalue weighted by molar-refractivity contribution is 0.102. The number of carbonyl (C=O) groups excluding carboxylic acids is 1. The van der Waals surface area contributed by atoms with Crippen molar-refractivity contribution in [2.45, 2.75) is 39.4 Å². The number of aromatic nitrogens is 4. The van der Waals surface area contributed by atoms with Gasteiger partial charge >= 0.3 is 0 Å². The van der Waals surface area contributed by atoms with Crippen LogP contribution in [0.15, 0.2) is 48.7 Å². The van der Waals surface area contributed by atoms with Crippen LogP contribution in [-0.4, -0.2) is 37.1 Å². The predicted octanol–water partition coefficient (Wildman–Crippen LogP) is 3.06. The minimum Gasteiger partial charge on any atom is -0.321 e. The zero-order chi connectivity index (χ0) is 19.5. The molecular formula is C21H24N6O. The molecule has 0 aliphatic carbocycles. The van der Waals surface area contributed by atoms with E-state index in [1.54, 1.807) is 0 Å². The molecule has 0 saturated carbocycles. The lowest BCUT2D eigenvalue weighted by atomic mass is 10.2. The Hall–Kier alpha value is -3.06. The Bertz CT molecular complexity index is 966. The zero-order valence-electron chi connectivity index (χ0n) is 16.2. The molecule has 0 radical (unpaired) electrons. The maximum absolute atomic E-state index is 12.5. The monoisotopic (exact) mass is 376 g/mol. The number of nitrogens with zero attached hydrogens (tertiary/aromatic N) is 5. The van der Waals surface area contributed by atoms with E-state index in [0.29, 0.717) is 11.6 Å². The number of hydrogen-bond donors (Lipinski definition) is 1. The molecule has 1 aliphatic rings. The Labute approximate surface area is 164 Å². The first-order chi connectivity index (χ1) is 13.6. The van der Waals surface area contributed by atoms with Crippen LogP contribution in [0.4, 0.5) is 5.69 Å². The van der Waals surface area contributed by atoms with Crippen LogP contribution < -0.4 is 5.32 Å². The fourth-order valence-corrected chi connectivity index (χ4v) is 3.29. The van der Waals surface area contributed by atoms with Gasteiger partial charge in [-0.05, 0) is 24.3 Å². The van der Waals surface area contributed by atoms with Crippen molar-refractivity contribution in [2.75, 3.05) is 11.9 Å². The van der Waals surface area contributed by atoms with Crippen LogP contribution in [0.25, 0.3) is 0 Å². The molecule has 7 nitrogen and oxygen atoms in total. The van der Waals surface area contributed by atoms with Crippen LogP contribution in [0.1, 0.15) is 47.5 Å². The quantitative estimate of drug-likeness (QED) is 0.741. The van der Waals surface area contributed by atoms with Gasteiger partial charge in [0.2, 0.25) is 0 Å². The van der Waals surface area contributed by atoms with Gasteiger partial charge in [-0.15, -0.1) is 0 Å². The van der Waals surface area contributed by atoms with Crippen molar-refractivity contribution in [3.8, 4) is 0 Å². The Kier molecular flexibility index (Phi) is 5.16. The zero-order valence-corrected chi connectivity index (χ0v) is 16.2. The highest BCUT2D eigenvalue weighted by molar-refractivity contribution is 6.02. The number of para-hydroxylation sites is 1. The summed E-state index contributed by atoms with van der Waals surface area (Å²) in [5.74, 6) is 1.00. The Balaban J connectivity index is 1.43. The van der Waals surface area contributed by atoms with Crippen molar-refractivity contribution in [2.24, 2.45) is 0 Å². The van der Waals surface area contributed by atoms with E-state index in [9.17, 15) is 4.79 Å². The van der Waals surface area contributed by atoms with E-state index in [1.807, 2.05) is 53.3 Å². The number of rotatable bonds is 5. The van der Waals surface area contributed by atoms with Gasteiger partial charge in [0.15, 0.2) is 5.69 Å². The van der Waals surface area contributed by atoms with Crippen molar-refractivity contribution in [1.29, 1.82) is 0 Å². The van der Waals surface area contributed by atoms with E-state index in [2.05, 4.69) is 39.1 Å². The topological polar surface area (TPSA) is 75.9 Å². The maximum Gasteiger partial charge on any atom is 0.276 e. The van der Waals surface area contributed by atoms with Crippen LogP contribution >= 0.6 is 0 Å². The van der Waals surface area contributed by atoms with Gasteiger partial charge in [0, 0.05) is 37.4 Å². The molecule has 1 aliphatic heterocycles. The van der Waals surface area contributed by atoms with Gasteiger partial charge in [-0.25, -0.2) is 9.97 Å². The summed E-state index contributed by atoms with van der Waals surface area (Å²) in [6.45, 7) is 7.33. The second-order valence-electron chi connectivity index (χ2n) is 7.34. The normalized spacial score (nSPS) is 14.1. The summed E-state index contributed by atoms with van der Waals surface area (Å²) in [5.41, 5.74) is 3.28. The summed E-state index contributed by atoms with van der Waals surface area (Å²) in [4.78, 5) is 23.8. The summed E-state index contributed by atoms with van der Waals surface area (Å²) < 4.78 is 1.93. The number of fused-ring (bicyclic) bond motifs is 1. The highest BCUT2D eigenvalue weighted by atomic mass is 16.1. The molecule has 2 aromatic heterocycles.